The van der Waals surface area contributed by atoms with E-state index in [9.17, 15) is 0 Å². The van der Waals surface area contributed by atoms with E-state index in [0.717, 1.165) is 66.7 Å². The Kier molecular flexibility index (Phi) is 6.03. The van der Waals surface area contributed by atoms with Crippen LogP contribution in [0.3, 0.4) is 0 Å². The van der Waals surface area contributed by atoms with Crippen molar-refractivity contribution in [2.24, 2.45) is 0 Å². The zero-order chi connectivity index (χ0) is 34.7. The van der Waals surface area contributed by atoms with E-state index in [4.69, 9.17) is 14.7 Å². The fraction of sp³-hybridized carbons (Fsp3) is 0.0870. The molecule has 0 bridgehead atoms. The van der Waals surface area contributed by atoms with Crippen LogP contribution >= 0.6 is 11.3 Å². The fourth-order valence-corrected chi connectivity index (χ4v) is 9.15. The minimum absolute atomic E-state index is 0.00211. The summed E-state index contributed by atoms with van der Waals surface area (Å²) in [6.07, 6.45) is 1.92. The molecular weight excluding hydrogens is 657 g/mol. The van der Waals surface area contributed by atoms with Crippen LogP contribution in [0.2, 0.25) is 0 Å². The van der Waals surface area contributed by atoms with Crippen LogP contribution < -0.4 is 4.74 Å². The van der Waals surface area contributed by atoms with Crippen LogP contribution in [0.25, 0.3) is 86.2 Å². The second-order valence-corrected chi connectivity index (χ2v) is 15.8. The Hall–Kier alpha value is -6.24. The first kappa shape index (κ1) is 29.5. The minimum atomic E-state index is 0.00211. The van der Waals surface area contributed by atoms with Gasteiger partial charge in [0.2, 0.25) is 0 Å². The van der Waals surface area contributed by atoms with Crippen molar-refractivity contribution < 1.29 is 4.74 Å². The molecule has 5 aromatic heterocycles. The highest BCUT2D eigenvalue weighted by atomic mass is 32.1. The van der Waals surface area contributed by atoms with Gasteiger partial charge in [0.05, 0.1) is 27.6 Å². The molecule has 5 nitrogen and oxygen atoms in total. The summed E-state index contributed by atoms with van der Waals surface area (Å²) in [5, 5.41) is 8.33. The third-order valence-electron chi connectivity index (χ3n) is 10.5. The Labute approximate surface area is 303 Å². The van der Waals surface area contributed by atoms with Gasteiger partial charge in [-0.3, -0.25) is 8.97 Å². The Morgan fingerprint density at radius 2 is 1.27 bits per heavy atom. The van der Waals surface area contributed by atoms with Gasteiger partial charge in [0.25, 0.3) is 0 Å². The summed E-state index contributed by atoms with van der Waals surface area (Å²) >= 11 is 1.85. The average molecular weight is 689 g/mol. The number of benzene rings is 6. The largest absolute Gasteiger partial charge is 0.457 e. The van der Waals surface area contributed by atoms with Crippen LogP contribution in [-0.4, -0.2) is 18.9 Å². The standard InChI is InChI=1S/C46H32N4OS/c1-46(2,3)27-20-21-47-44(22-27)49-38-13-7-4-10-31(38)32-19-17-29(24-40(32)49)51-28-16-18-30-34-26-43-35(33-11-5-9-15-42(33)52-43)25-41(34)50-39-14-8-6-12-37(39)48-45(50)36(30)23-28/h4-26H,1-3H3. The van der Waals surface area contributed by atoms with Crippen molar-refractivity contribution in [1.29, 1.82) is 0 Å². The Balaban J connectivity index is 1.11. The number of hydrogen-bond acceptors (Lipinski definition) is 4. The molecule has 11 rings (SSSR count). The molecule has 52 heavy (non-hydrogen) atoms. The predicted molar refractivity (Wildman–Crippen MR) is 218 cm³/mol. The quantitative estimate of drug-likeness (QED) is 0.174. The number of rotatable bonds is 3. The topological polar surface area (TPSA) is 44.4 Å². The molecule has 0 N–H and O–H groups in total. The van der Waals surface area contributed by atoms with Gasteiger partial charge in [-0.05, 0) is 95.2 Å². The van der Waals surface area contributed by atoms with E-state index in [1.54, 1.807) is 0 Å². The van der Waals surface area contributed by atoms with Gasteiger partial charge in [-0.1, -0.05) is 69.3 Å². The predicted octanol–water partition coefficient (Wildman–Crippen LogP) is 12.7. The molecule has 0 spiro atoms. The molecule has 0 aliphatic heterocycles. The highest BCUT2D eigenvalue weighted by Crippen LogP contribution is 2.42. The van der Waals surface area contributed by atoms with Crippen molar-refractivity contribution in [3.8, 4) is 17.3 Å². The van der Waals surface area contributed by atoms with Gasteiger partial charge in [0.15, 0.2) is 0 Å². The normalized spacial score (nSPS) is 12.5. The van der Waals surface area contributed by atoms with E-state index >= 15 is 0 Å². The number of nitrogens with zero attached hydrogens (tertiary/aromatic N) is 4. The zero-order valence-corrected chi connectivity index (χ0v) is 29.7. The number of ether oxygens (including phenoxy) is 1. The maximum Gasteiger partial charge on any atom is 0.146 e. The van der Waals surface area contributed by atoms with Gasteiger partial charge >= 0.3 is 0 Å². The van der Waals surface area contributed by atoms with Crippen LogP contribution in [0.5, 0.6) is 11.5 Å². The molecule has 6 aromatic carbocycles. The Morgan fingerprint density at radius 1 is 0.538 bits per heavy atom. The zero-order valence-electron chi connectivity index (χ0n) is 28.9. The van der Waals surface area contributed by atoms with Crippen LogP contribution in [0.15, 0.2) is 140 Å². The number of para-hydroxylation sites is 3. The van der Waals surface area contributed by atoms with E-state index in [1.165, 1.54) is 36.5 Å². The van der Waals surface area contributed by atoms with Crippen molar-refractivity contribution in [2.45, 2.75) is 26.2 Å². The minimum Gasteiger partial charge on any atom is -0.457 e. The molecule has 0 saturated carbocycles. The van der Waals surface area contributed by atoms with Crippen molar-refractivity contribution in [1.82, 2.24) is 18.9 Å². The molecular formula is C46H32N4OS. The van der Waals surface area contributed by atoms with E-state index in [1.807, 2.05) is 17.5 Å². The van der Waals surface area contributed by atoms with E-state index < -0.39 is 0 Å². The Morgan fingerprint density at radius 3 is 2.13 bits per heavy atom. The SMILES string of the molecule is CC(C)(C)c1ccnc(-n2c3ccccc3c3ccc(Oc4ccc5c6cc7sc8ccccc8c7cc6n6c7ccccc7nc6c5c4)cc32)c1. The summed E-state index contributed by atoms with van der Waals surface area (Å²) in [4.78, 5) is 10.1. The lowest BCUT2D eigenvalue weighted by atomic mass is 9.88. The number of aromatic nitrogens is 4. The number of imidazole rings is 1. The van der Waals surface area contributed by atoms with Gasteiger partial charge in [-0.2, -0.15) is 0 Å². The van der Waals surface area contributed by atoms with Crippen molar-refractivity contribution in [3.05, 3.63) is 145 Å². The van der Waals surface area contributed by atoms with Gasteiger partial charge in [-0.25, -0.2) is 9.97 Å². The third kappa shape index (κ3) is 4.28. The highest BCUT2D eigenvalue weighted by molar-refractivity contribution is 7.25. The lowest BCUT2D eigenvalue weighted by Crippen LogP contribution is -2.12. The number of hydrogen-bond donors (Lipinski definition) is 0. The molecule has 248 valence electrons. The van der Waals surface area contributed by atoms with Crippen molar-refractivity contribution >= 4 is 91.7 Å². The van der Waals surface area contributed by atoms with E-state index in [-0.39, 0.29) is 5.41 Å². The third-order valence-corrected chi connectivity index (χ3v) is 11.7. The number of thiophene rings is 1. The second-order valence-electron chi connectivity index (χ2n) is 14.7. The summed E-state index contributed by atoms with van der Waals surface area (Å²) in [6, 6.07) is 47.5. The van der Waals surface area contributed by atoms with E-state index in [0.29, 0.717) is 0 Å². The monoisotopic (exact) mass is 688 g/mol. The summed E-state index contributed by atoms with van der Waals surface area (Å²) in [5.41, 5.74) is 7.56. The molecule has 5 heterocycles. The molecule has 6 heteroatoms. The number of pyridine rings is 2. The highest BCUT2D eigenvalue weighted by Gasteiger charge is 2.20. The van der Waals surface area contributed by atoms with Crippen LogP contribution in [0.1, 0.15) is 26.3 Å². The van der Waals surface area contributed by atoms with Crippen LogP contribution in [-0.2, 0) is 5.41 Å². The molecule has 0 atom stereocenters. The molecule has 0 amide bonds. The van der Waals surface area contributed by atoms with Crippen LogP contribution in [0.4, 0.5) is 0 Å². The molecule has 0 fully saturated rings. The first-order valence-electron chi connectivity index (χ1n) is 17.6. The second kappa shape index (κ2) is 10.6. The molecule has 0 unspecified atom stereocenters. The molecule has 0 aliphatic rings. The first-order chi connectivity index (χ1) is 25.4. The summed E-state index contributed by atoms with van der Waals surface area (Å²) in [6.45, 7) is 6.71. The van der Waals surface area contributed by atoms with Gasteiger partial charge < -0.3 is 4.74 Å². The van der Waals surface area contributed by atoms with E-state index in [2.05, 4.69) is 163 Å². The molecule has 0 saturated heterocycles. The smallest absolute Gasteiger partial charge is 0.146 e. The Bertz CT molecular complexity index is 3270. The molecule has 0 radical (unpaired) electrons. The maximum atomic E-state index is 6.74. The summed E-state index contributed by atoms with van der Waals surface area (Å²) < 4.78 is 13.9. The van der Waals surface area contributed by atoms with Crippen molar-refractivity contribution in [3.63, 3.8) is 0 Å². The average Bonchev–Trinajstić information content (AvgIpc) is 3.83. The first-order valence-corrected chi connectivity index (χ1v) is 18.5. The lowest BCUT2D eigenvalue weighted by molar-refractivity contribution is 0.484. The fourth-order valence-electron chi connectivity index (χ4n) is 8.02. The molecule has 0 aliphatic carbocycles. The van der Waals surface area contributed by atoms with Gasteiger partial charge in [0.1, 0.15) is 23.0 Å². The van der Waals surface area contributed by atoms with Crippen LogP contribution in [0, 0.1) is 0 Å². The maximum absolute atomic E-state index is 6.74. The van der Waals surface area contributed by atoms with Crippen molar-refractivity contribution in [2.75, 3.05) is 0 Å². The van der Waals surface area contributed by atoms with Gasteiger partial charge in [-0.15, -0.1) is 11.3 Å². The lowest BCUT2D eigenvalue weighted by Gasteiger charge is -2.20. The number of fused-ring (bicyclic) bond motifs is 14. The molecule has 11 aromatic rings. The summed E-state index contributed by atoms with van der Waals surface area (Å²) in [5.74, 6) is 2.42. The summed E-state index contributed by atoms with van der Waals surface area (Å²) in [7, 11) is 0. The van der Waals surface area contributed by atoms with Gasteiger partial charge in [0, 0.05) is 54.0 Å².